The highest BCUT2D eigenvalue weighted by molar-refractivity contribution is 7.32. The molecule has 9 rings (SSSR count). The number of rotatable bonds is 74. The Balaban J connectivity index is 1.02. The van der Waals surface area contributed by atoms with Crippen molar-refractivity contribution in [1.29, 1.82) is 0 Å². The molecule has 0 atom stereocenters. The lowest BCUT2D eigenvalue weighted by Gasteiger charge is -2.04. The molecule has 0 aromatic carbocycles. The van der Waals surface area contributed by atoms with Crippen LogP contribution in [0.3, 0.4) is 0 Å². The Labute approximate surface area is 766 Å². The lowest BCUT2D eigenvalue weighted by atomic mass is 10.0. The summed E-state index contributed by atoms with van der Waals surface area (Å²) in [5.74, 6) is 0. The maximum absolute atomic E-state index is 5.95. The standard InChI is InChI=1S/C108H166N2S9/c1-9-15-21-27-33-39-45-51-57-63-69-87-81-86(8)112-101(87)99-83-89(71-65-59-53-47-41-35-29-23-17-11-3)103(116-99)107-109-91(73-67-61-55-49-43-37-31-25-19-13-5)105(118-107)96-79-77-93(113-96)94-78-80-97(114-94)106-92(74-68-62-56-50-44-38-32-26-20-14-6)110-108(119-106)104-90(72-66-60-54-48-42-36-30-24-18-12-4)84-100(117-104)102-88(82-98(115-102)95-76-75-85(7)111-95)70-64-58-52-46-40-34-28-22-16-10-2/h75-84H,9-74H2,1-8H3. The number of hydrogen-bond acceptors (Lipinski definition) is 11. The average molecular weight is 1780 g/mol. The second kappa shape index (κ2) is 61.5. The van der Waals surface area contributed by atoms with E-state index in [-0.39, 0.29) is 0 Å². The van der Waals surface area contributed by atoms with Crippen molar-refractivity contribution in [1.82, 2.24) is 9.97 Å². The summed E-state index contributed by atoms with van der Waals surface area (Å²) < 4.78 is 0. The van der Waals surface area contributed by atoms with E-state index in [1.165, 1.54) is 493 Å². The number of hydrogen-bond donors (Lipinski definition) is 0. The van der Waals surface area contributed by atoms with Crippen molar-refractivity contribution in [2.45, 2.75) is 479 Å². The van der Waals surface area contributed by atoms with Crippen LogP contribution in [-0.4, -0.2) is 9.97 Å². The van der Waals surface area contributed by atoms with Gasteiger partial charge in [0.25, 0.3) is 0 Å². The number of thiophene rings is 7. The summed E-state index contributed by atoms with van der Waals surface area (Å²) in [5.41, 5.74) is 8.96. The molecule has 662 valence electrons. The molecule has 0 saturated carbocycles. The molecule has 0 unspecified atom stereocenters. The molecule has 0 aliphatic carbocycles. The van der Waals surface area contributed by atoms with E-state index in [1.807, 2.05) is 56.7 Å². The lowest BCUT2D eigenvalue weighted by molar-refractivity contribution is 0.555. The zero-order chi connectivity index (χ0) is 83.4. The van der Waals surface area contributed by atoms with Crippen molar-refractivity contribution in [3.63, 3.8) is 0 Å². The Morgan fingerprint density at radius 2 is 0.412 bits per heavy atom. The van der Waals surface area contributed by atoms with Crippen LogP contribution in [0.2, 0.25) is 0 Å². The summed E-state index contributed by atoms with van der Waals surface area (Å²) in [6.45, 7) is 18.7. The minimum atomic E-state index is 1.05. The zero-order valence-corrected chi connectivity index (χ0v) is 84.4. The van der Waals surface area contributed by atoms with Crippen LogP contribution in [0.5, 0.6) is 0 Å². The molecule has 9 heterocycles. The summed E-state index contributed by atoms with van der Waals surface area (Å²) in [5, 5.41) is 2.54. The fraction of sp³-hybridized carbons (Fsp3) is 0.685. The highest BCUT2D eigenvalue weighted by atomic mass is 32.1. The largest absolute Gasteiger partial charge is 0.240 e. The number of aryl methyl sites for hydroxylation is 8. The van der Waals surface area contributed by atoms with E-state index in [9.17, 15) is 0 Å². The Hall–Kier alpha value is -2.84. The molecule has 0 bridgehead atoms. The van der Waals surface area contributed by atoms with Gasteiger partial charge in [0.1, 0.15) is 10.0 Å². The normalized spacial score (nSPS) is 11.9. The van der Waals surface area contributed by atoms with E-state index in [2.05, 4.69) is 161 Å². The van der Waals surface area contributed by atoms with Crippen molar-refractivity contribution in [3.8, 4) is 78.3 Å². The molecule has 0 N–H and O–H groups in total. The van der Waals surface area contributed by atoms with Crippen LogP contribution >= 0.6 is 102 Å². The van der Waals surface area contributed by atoms with Crippen LogP contribution in [0.1, 0.15) is 470 Å². The number of unbranched alkanes of at least 4 members (excludes halogenated alkanes) is 54. The molecule has 0 aliphatic rings. The van der Waals surface area contributed by atoms with Crippen molar-refractivity contribution in [2.24, 2.45) is 0 Å². The highest BCUT2D eigenvalue weighted by Gasteiger charge is 2.27. The van der Waals surface area contributed by atoms with Gasteiger partial charge in [0.2, 0.25) is 0 Å². The van der Waals surface area contributed by atoms with Gasteiger partial charge in [0.15, 0.2) is 0 Å². The topological polar surface area (TPSA) is 25.8 Å². The first-order valence-corrected chi connectivity index (χ1v) is 57.8. The van der Waals surface area contributed by atoms with Gasteiger partial charge in [-0.2, -0.15) is 0 Å². The monoisotopic (exact) mass is 1780 g/mol. The van der Waals surface area contributed by atoms with E-state index in [0.29, 0.717) is 0 Å². The average Bonchev–Trinajstić information content (AvgIpc) is 1.62. The first-order valence-electron chi connectivity index (χ1n) is 50.5. The number of aromatic nitrogens is 2. The smallest absolute Gasteiger partial charge is 0.134 e. The van der Waals surface area contributed by atoms with E-state index in [4.69, 9.17) is 9.97 Å². The maximum atomic E-state index is 5.95. The fourth-order valence-electron chi connectivity index (χ4n) is 17.9. The minimum absolute atomic E-state index is 1.05. The SMILES string of the molecule is CCCCCCCCCCCCc1cc(C)sc1-c1cc(CCCCCCCCCCCC)c(-c2nc(CCCCCCCCCCCC)c(-c3ccc(-c4ccc(-c5sc(-c6sc(-c7sc(-c8ccc(C)s8)cc7CCCCCCCCCCCC)cc6CCCCCCCCCCCC)nc5CCCCCCCCCCCC)s4)s3)s2)s1. The van der Waals surface area contributed by atoms with Gasteiger partial charge in [-0.05, 0) is 174 Å². The third kappa shape index (κ3) is 36.8. The molecule has 0 fully saturated rings. The number of thiazole rings is 2. The fourth-order valence-corrected chi connectivity index (χ4v) is 28.6. The summed E-state index contributed by atoms with van der Waals surface area (Å²) >= 11 is 18.4. The van der Waals surface area contributed by atoms with Gasteiger partial charge in [-0.1, -0.05) is 388 Å². The molecule has 0 aliphatic heterocycles. The molecule has 0 spiro atoms. The highest BCUT2D eigenvalue weighted by Crippen LogP contribution is 2.52. The summed E-state index contributed by atoms with van der Waals surface area (Å²) in [6.07, 6.45) is 88.8. The molecule has 11 heteroatoms. The van der Waals surface area contributed by atoms with Gasteiger partial charge in [-0.3, -0.25) is 0 Å². The molecular formula is C108H166N2S9. The first-order chi connectivity index (χ1) is 58.7. The maximum Gasteiger partial charge on any atom is 0.134 e. The van der Waals surface area contributed by atoms with Gasteiger partial charge < -0.3 is 0 Å². The second-order valence-electron chi connectivity index (χ2n) is 36.0. The van der Waals surface area contributed by atoms with Gasteiger partial charge in [0.05, 0.1) is 30.9 Å². The molecule has 0 saturated heterocycles. The van der Waals surface area contributed by atoms with E-state index >= 15 is 0 Å². The van der Waals surface area contributed by atoms with Crippen LogP contribution in [0.15, 0.2) is 60.7 Å². The molecular weight excluding hydrogens is 1610 g/mol. The van der Waals surface area contributed by atoms with Crippen LogP contribution in [0, 0.1) is 13.8 Å². The van der Waals surface area contributed by atoms with Gasteiger partial charge in [0, 0.05) is 58.5 Å². The third-order valence-electron chi connectivity index (χ3n) is 25.2. The van der Waals surface area contributed by atoms with Crippen LogP contribution in [0.25, 0.3) is 78.3 Å². The van der Waals surface area contributed by atoms with Crippen LogP contribution in [-0.2, 0) is 38.5 Å². The molecule has 0 amide bonds. The van der Waals surface area contributed by atoms with Crippen molar-refractivity contribution < 1.29 is 0 Å². The van der Waals surface area contributed by atoms with Gasteiger partial charge in [-0.15, -0.1) is 102 Å². The Morgan fingerprint density at radius 1 is 0.176 bits per heavy atom. The van der Waals surface area contributed by atoms with E-state index in [0.717, 1.165) is 25.7 Å². The molecule has 0 radical (unpaired) electrons. The summed E-state index contributed by atoms with van der Waals surface area (Å²) in [7, 11) is 0. The second-order valence-corrected chi connectivity index (χ2v) is 45.9. The van der Waals surface area contributed by atoms with Crippen LogP contribution < -0.4 is 0 Å². The summed E-state index contributed by atoms with van der Waals surface area (Å²) in [6, 6.07) is 25.2. The molecule has 119 heavy (non-hydrogen) atoms. The van der Waals surface area contributed by atoms with Crippen LogP contribution in [0.4, 0.5) is 0 Å². The molecule has 2 nitrogen and oxygen atoms in total. The predicted molar refractivity (Wildman–Crippen MR) is 549 cm³/mol. The zero-order valence-electron chi connectivity index (χ0n) is 77.0. The molecule has 9 aromatic rings. The Kier molecular flexibility index (Phi) is 51.7. The van der Waals surface area contributed by atoms with Crippen molar-refractivity contribution in [3.05, 3.63) is 104 Å². The Morgan fingerprint density at radius 3 is 0.714 bits per heavy atom. The van der Waals surface area contributed by atoms with E-state index < -0.39 is 0 Å². The third-order valence-corrected chi connectivity index (χ3v) is 36.6. The molecule has 9 aromatic heterocycles. The quantitative estimate of drug-likeness (QED) is 0.0355. The predicted octanol–water partition coefficient (Wildman–Crippen LogP) is 41.8. The van der Waals surface area contributed by atoms with Gasteiger partial charge >= 0.3 is 0 Å². The van der Waals surface area contributed by atoms with Gasteiger partial charge in [-0.25, -0.2) is 9.97 Å². The van der Waals surface area contributed by atoms with E-state index in [1.54, 1.807) is 27.1 Å². The number of nitrogens with zero attached hydrogens (tertiary/aromatic N) is 2. The van der Waals surface area contributed by atoms with Crippen molar-refractivity contribution >= 4 is 102 Å². The first kappa shape index (κ1) is 99.9. The van der Waals surface area contributed by atoms with Crippen molar-refractivity contribution in [2.75, 3.05) is 0 Å². The minimum Gasteiger partial charge on any atom is -0.240 e. The summed E-state index contributed by atoms with van der Waals surface area (Å²) in [4.78, 5) is 35.0. The lowest BCUT2D eigenvalue weighted by Crippen LogP contribution is -1.90. The Bertz CT molecular complexity index is 4020.